The fourth-order valence-electron chi connectivity index (χ4n) is 1.39. The Balaban J connectivity index is 2.33. The Hall–Kier alpha value is -0.120. The molecule has 3 nitrogen and oxygen atoms in total. The molecule has 0 amide bonds. The second-order valence-corrected chi connectivity index (χ2v) is 8.38. The number of hydrogen-bond acceptors (Lipinski definition) is 2. The van der Waals surface area contributed by atoms with Crippen molar-refractivity contribution in [2.24, 2.45) is 0 Å². The van der Waals surface area contributed by atoms with Crippen LogP contribution >= 0.6 is 54.5 Å². The summed E-state index contributed by atoms with van der Waals surface area (Å²) in [5.74, 6) is 0. The zero-order chi connectivity index (χ0) is 14.0. The predicted molar refractivity (Wildman–Crippen MR) is 91.8 cm³/mol. The number of anilines is 1. The molecule has 0 bridgehead atoms. The van der Waals surface area contributed by atoms with Gasteiger partial charge in [-0.2, -0.15) is 0 Å². The molecule has 0 heterocycles. The highest BCUT2D eigenvalue weighted by atomic mass is 127. The standard InChI is InChI=1S/C12H8Br2INO2S/c13-8-1-4-10(5-2-8)19(17,18)16-12-6-3-9(15)7-11(12)14/h1-7,16H. The van der Waals surface area contributed by atoms with Crippen LogP contribution in [0.3, 0.4) is 0 Å². The maximum atomic E-state index is 12.2. The third-order valence-corrected chi connectivity index (χ3v) is 5.54. The quantitative estimate of drug-likeness (QED) is 0.605. The minimum atomic E-state index is -3.57. The molecule has 0 saturated heterocycles. The fraction of sp³-hybridized carbons (Fsp3) is 0. The van der Waals surface area contributed by atoms with Crippen molar-refractivity contribution >= 4 is 70.2 Å². The van der Waals surface area contributed by atoms with Crippen LogP contribution in [-0.2, 0) is 10.0 Å². The first kappa shape index (κ1) is 15.3. The second kappa shape index (κ2) is 6.11. The van der Waals surface area contributed by atoms with Crippen molar-refractivity contribution in [1.82, 2.24) is 0 Å². The number of hydrogen-bond donors (Lipinski definition) is 1. The highest BCUT2D eigenvalue weighted by Crippen LogP contribution is 2.27. The van der Waals surface area contributed by atoms with Gasteiger partial charge in [0, 0.05) is 12.5 Å². The van der Waals surface area contributed by atoms with E-state index in [0.29, 0.717) is 10.2 Å². The summed E-state index contributed by atoms with van der Waals surface area (Å²) in [7, 11) is -3.57. The first-order valence-electron chi connectivity index (χ1n) is 5.12. The monoisotopic (exact) mass is 515 g/mol. The van der Waals surface area contributed by atoms with E-state index in [9.17, 15) is 8.42 Å². The van der Waals surface area contributed by atoms with Crippen LogP contribution in [0.1, 0.15) is 0 Å². The van der Waals surface area contributed by atoms with E-state index in [4.69, 9.17) is 0 Å². The Morgan fingerprint density at radius 2 is 1.63 bits per heavy atom. The smallest absolute Gasteiger partial charge is 0.261 e. The Labute approximate surface area is 142 Å². The third-order valence-electron chi connectivity index (χ3n) is 2.30. The summed E-state index contributed by atoms with van der Waals surface area (Å²) >= 11 is 8.78. The van der Waals surface area contributed by atoms with Gasteiger partial charge in [0.05, 0.1) is 10.6 Å². The summed E-state index contributed by atoms with van der Waals surface area (Å²) in [4.78, 5) is 0.223. The van der Waals surface area contributed by atoms with E-state index < -0.39 is 10.0 Å². The van der Waals surface area contributed by atoms with Crippen molar-refractivity contribution in [3.63, 3.8) is 0 Å². The van der Waals surface area contributed by atoms with Gasteiger partial charge < -0.3 is 0 Å². The average Bonchev–Trinajstić information content (AvgIpc) is 2.33. The van der Waals surface area contributed by atoms with Gasteiger partial charge in [-0.25, -0.2) is 8.42 Å². The van der Waals surface area contributed by atoms with E-state index in [1.807, 2.05) is 12.1 Å². The molecule has 0 aliphatic rings. The van der Waals surface area contributed by atoms with Crippen molar-refractivity contribution in [2.75, 3.05) is 4.72 Å². The third kappa shape index (κ3) is 3.93. The van der Waals surface area contributed by atoms with Crippen LogP contribution in [0.25, 0.3) is 0 Å². The fourth-order valence-corrected chi connectivity index (χ4v) is 4.26. The summed E-state index contributed by atoms with van der Waals surface area (Å²) < 4.78 is 29.5. The van der Waals surface area contributed by atoms with Crippen molar-refractivity contribution in [1.29, 1.82) is 0 Å². The van der Waals surface area contributed by atoms with E-state index in [1.54, 1.807) is 30.3 Å². The van der Waals surface area contributed by atoms with Crippen molar-refractivity contribution in [2.45, 2.75) is 4.90 Å². The van der Waals surface area contributed by atoms with Crippen LogP contribution in [0, 0.1) is 3.57 Å². The topological polar surface area (TPSA) is 46.2 Å². The van der Waals surface area contributed by atoms with Gasteiger partial charge in [0.25, 0.3) is 10.0 Å². The molecular formula is C12H8Br2INO2S. The number of halogens is 3. The number of benzene rings is 2. The summed E-state index contributed by atoms with van der Waals surface area (Å²) in [6, 6.07) is 11.9. The first-order valence-corrected chi connectivity index (χ1v) is 9.27. The molecule has 2 aromatic carbocycles. The Morgan fingerprint density at radius 3 is 2.21 bits per heavy atom. The molecule has 1 N–H and O–H groups in total. The van der Waals surface area contributed by atoms with Gasteiger partial charge in [0.15, 0.2) is 0 Å². The van der Waals surface area contributed by atoms with Gasteiger partial charge in [-0.1, -0.05) is 15.9 Å². The molecule has 2 aromatic rings. The zero-order valence-corrected chi connectivity index (χ0v) is 15.5. The summed E-state index contributed by atoms with van der Waals surface area (Å²) in [6.07, 6.45) is 0. The van der Waals surface area contributed by atoms with Crippen molar-refractivity contribution < 1.29 is 8.42 Å². The molecule has 0 saturated carbocycles. The SMILES string of the molecule is O=S(=O)(Nc1ccc(I)cc1Br)c1ccc(Br)cc1. The summed E-state index contributed by atoms with van der Waals surface area (Å²) in [5.41, 5.74) is 0.517. The van der Waals surface area contributed by atoms with Gasteiger partial charge in [-0.05, 0) is 81.0 Å². The second-order valence-electron chi connectivity index (χ2n) is 3.68. The van der Waals surface area contributed by atoms with Crippen molar-refractivity contribution in [3.05, 3.63) is 55.0 Å². The normalized spacial score (nSPS) is 11.3. The summed E-state index contributed by atoms with van der Waals surface area (Å²) in [5, 5.41) is 0. The number of rotatable bonds is 3. The van der Waals surface area contributed by atoms with E-state index >= 15 is 0 Å². The molecule has 0 aliphatic carbocycles. The van der Waals surface area contributed by atoms with Gasteiger partial charge >= 0.3 is 0 Å². The van der Waals surface area contributed by atoms with Crippen molar-refractivity contribution in [3.8, 4) is 0 Å². The lowest BCUT2D eigenvalue weighted by Crippen LogP contribution is -2.13. The molecule has 0 spiro atoms. The van der Waals surface area contributed by atoms with E-state index in [-0.39, 0.29) is 4.90 Å². The molecule has 0 aliphatic heterocycles. The highest BCUT2D eigenvalue weighted by Gasteiger charge is 2.15. The average molecular weight is 517 g/mol. The number of nitrogens with one attached hydrogen (secondary N) is 1. The van der Waals surface area contributed by atoms with Crippen LogP contribution < -0.4 is 4.72 Å². The predicted octanol–water partition coefficient (Wildman–Crippen LogP) is 4.62. The zero-order valence-electron chi connectivity index (χ0n) is 9.40. The van der Waals surface area contributed by atoms with Crippen LogP contribution in [0.2, 0.25) is 0 Å². The number of sulfonamides is 1. The maximum Gasteiger partial charge on any atom is 0.261 e. The molecule has 0 atom stereocenters. The summed E-state index contributed by atoms with van der Waals surface area (Å²) in [6.45, 7) is 0. The van der Waals surface area contributed by atoms with Crippen LogP contribution in [0.4, 0.5) is 5.69 Å². The molecule has 19 heavy (non-hydrogen) atoms. The first-order chi connectivity index (χ1) is 8.88. The van der Waals surface area contributed by atoms with Gasteiger partial charge in [-0.3, -0.25) is 4.72 Å². The lowest BCUT2D eigenvalue weighted by Gasteiger charge is -2.10. The van der Waals surface area contributed by atoms with Gasteiger partial charge in [0.1, 0.15) is 0 Å². The van der Waals surface area contributed by atoms with Crippen LogP contribution in [-0.4, -0.2) is 8.42 Å². The molecule has 100 valence electrons. The molecule has 7 heteroatoms. The van der Waals surface area contributed by atoms with Gasteiger partial charge in [0.2, 0.25) is 0 Å². The minimum absolute atomic E-state index is 0.223. The molecule has 0 unspecified atom stereocenters. The van der Waals surface area contributed by atoms with Crippen LogP contribution in [0.5, 0.6) is 0 Å². The van der Waals surface area contributed by atoms with E-state index in [0.717, 1.165) is 8.04 Å². The Bertz CT molecular complexity index is 702. The molecule has 0 radical (unpaired) electrons. The maximum absolute atomic E-state index is 12.2. The Morgan fingerprint density at radius 1 is 1.00 bits per heavy atom. The molecular weight excluding hydrogens is 509 g/mol. The largest absolute Gasteiger partial charge is 0.278 e. The Kier molecular flexibility index (Phi) is 4.91. The van der Waals surface area contributed by atoms with E-state index in [1.165, 1.54) is 0 Å². The molecule has 2 rings (SSSR count). The molecule has 0 aromatic heterocycles. The molecule has 0 fully saturated rings. The van der Waals surface area contributed by atoms with Crippen LogP contribution in [0.15, 0.2) is 56.3 Å². The lowest BCUT2D eigenvalue weighted by atomic mass is 10.3. The van der Waals surface area contributed by atoms with E-state index in [2.05, 4.69) is 59.2 Å². The van der Waals surface area contributed by atoms with Gasteiger partial charge in [-0.15, -0.1) is 0 Å². The lowest BCUT2D eigenvalue weighted by molar-refractivity contribution is 0.601. The minimum Gasteiger partial charge on any atom is -0.278 e. The highest BCUT2D eigenvalue weighted by molar-refractivity contribution is 14.1.